The number of amides is 1. The Bertz CT molecular complexity index is 569. The fourth-order valence-corrected chi connectivity index (χ4v) is 1.94. The molecule has 0 radical (unpaired) electrons. The van der Waals surface area contributed by atoms with Gasteiger partial charge in [-0.3, -0.25) is 9.78 Å². The van der Waals surface area contributed by atoms with E-state index in [2.05, 4.69) is 25.8 Å². The molecule has 1 aliphatic heterocycles. The maximum atomic E-state index is 11.6. The molecule has 19 heavy (non-hydrogen) atoms. The van der Waals surface area contributed by atoms with Crippen molar-refractivity contribution in [3.63, 3.8) is 0 Å². The molecule has 3 rings (SSSR count). The number of hydrogen-bond donors (Lipinski definition) is 2. The summed E-state index contributed by atoms with van der Waals surface area (Å²) >= 11 is 0. The second-order valence-electron chi connectivity index (χ2n) is 4.25. The molecule has 0 aromatic carbocycles. The van der Waals surface area contributed by atoms with Crippen molar-refractivity contribution in [3.8, 4) is 11.4 Å². The molecule has 7 nitrogen and oxygen atoms in total. The van der Waals surface area contributed by atoms with Gasteiger partial charge in [-0.15, -0.1) is 0 Å². The van der Waals surface area contributed by atoms with E-state index in [4.69, 9.17) is 4.52 Å². The lowest BCUT2D eigenvalue weighted by Gasteiger charge is -2.21. The number of nitrogens with one attached hydrogen (secondary N) is 2. The third-order valence-corrected chi connectivity index (χ3v) is 2.92. The standard InChI is InChI=1S/C12H13N5O2/c18-12-9(14-5-6-15-12)7-10-16-11(17-19-10)8-1-3-13-4-2-8/h1-4,9,14H,5-7H2,(H,15,18). The van der Waals surface area contributed by atoms with Crippen LogP contribution in [0.4, 0.5) is 0 Å². The minimum absolute atomic E-state index is 0.0325. The predicted molar refractivity (Wildman–Crippen MR) is 66.0 cm³/mol. The largest absolute Gasteiger partial charge is 0.353 e. The minimum atomic E-state index is -0.306. The topological polar surface area (TPSA) is 92.9 Å². The van der Waals surface area contributed by atoms with Crippen molar-refractivity contribution >= 4 is 5.91 Å². The fourth-order valence-electron chi connectivity index (χ4n) is 1.94. The number of carbonyl (C=O) groups excluding carboxylic acids is 1. The van der Waals surface area contributed by atoms with Crippen LogP contribution in [0.3, 0.4) is 0 Å². The van der Waals surface area contributed by atoms with Crippen molar-refractivity contribution in [1.82, 2.24) is 25.8 Å². The van der Waals surface area contributed by atoms with Crippen molar-refractivity contribution < 1.29 is 9.32 Å². The molecule has 1 aliphatic rings. The highest BCUT2D eigenvalue weighted by atomic mass is 16.5. The Hall–Kier alpha value is -2.28. The SMILES string of the molecule is O=C1NCCNC1Cc1nc(-c2ccncc2)no1. The first kappa shape index (κ1) is 11.8. The van der Waals surface area contributed by atoms with E-state index in [0.29, 0.717) is 24.7 Å². The van der Waals surface area contributed by atoms with Gasteiger partial charge in [-0.2, -0.15) is 4.98 Å². The van der Waals surface area contributed by atoms with Crippen molar-refractivity contribution in [3.05, 3.63) is 30.4 Å². The Morgan fingerprint density at radius 2 is 2.16 bits per heavy atom. The summed E-state index contributed by atoms with van der Waals surface area (Å²) in [4.78, 5) is 19.8. The first-order valence-electron chi connectivity index (χ1n) is 6.07. The fraction of sp³-hybridized carbons (Fsp3) is 0.333. The molecule has 0 bridgehead atoms. The van der Waals surface area contributed by atoms with E-state index in [-0.39, 0.29) is 11.9 Å². The first-order chi connectivity index (χ1) is 9.33. The summed E-state index contributed by atoms with van der Waals surface area (Å²) in [5.74, 6) is 0.921. The van der Waals surface area contributed by atoms with Crippen LogP contribution >= 0.6 is 0 Å². The molecule has 1 saturated heterocycles. The predicted octanol–water partition coefficient (Wildman–Crippen LogP) is -0.238. The van der Waals surface area contributed by atoms with E-state index in [1.54, 1.807) is 24.5 Å². The zero-order valence-corrected chi connectivity index (χ0v) is 10.2. The molecule has 1 unspecified atom stereocenters. The van der Waals surface area contributed by atoms with E-state index in [0.717, 1.165) is 12.1 Å². The smallest absolute Gasteiger partial charge is 0.237 e. The lowest BCUT2D eigenvalue weighted by molar-refractivity contribution is -0.124. The maximum Gasteiger partial charge on any atom is 0.237 e. The van der Waals surface area contributed by atoms with E-state index < -0.39 is 0 Å². The number of pyridine rings is 1. The van der Waals surface area contributed by atoms with Crippen molar-refractivity contribution in [2.24, 2.45) is 0 Å². The molecule has 1 amide bonds. The van der Waals surface area contributed by atoms with Gasteiger partial charge in [0.2, 0.25) is 17.6 Å². The Labute approximate surface area is 109 Å². The Balaban J connectivity index is 1.73. The molecule has 98 valence electrons. The summed E-state index contributed by atoms with van der Waals surface area (Å²) in [7, 11) is 0. The molecular formula is C12H13N5O2. The van der Waals surface area contributed by atoms with Gasteiger partial charge in [0.15, 0.2) is 0 Å². The molecular weight excluding hydrogens is 246 g/mol. The van der Waals surface area contributed by atoms with Gasteiger partial charge in [0.05, 0.1) is 12.5 Å². The molecule has 0 spiro atoms. The van der Waals surface area contributed by atoms with Gasteiger partial charge in [0.1, 0.15) is 0 Å². The van der Waals surface area contributed by atoms with Crippen LogP contribution in [0.15, 0.2) is 29.0 Å². The van der Waals surface area contributed by atoms with Crippen LogP contribution in [0.25, 0.3) is 11.4 Å². The normalized spacial score (nSPS) is 19.2. The van der Waals surface area contributed by atoms with Gasteiger partial charge in [-0.05, 0) is 12.1 Å². The van der Waals surface area contributed by atoms with Crippen molar-refractivity contribution in [2.75, 3.05) is 13.1 Å². The summed E-state index contributed by atoms with van der Waals surface area (Å²) in [6.07, 6.45) is 3.73. The van der Waals surface area contributed by atoms with Gasteiger partial charge in [-0.25, -0.2) is 0 Å². The molecule has 2 aromatic rings. The molecule has 0 saturated carbocycles. The number of aromatic nitrogens is 3. The summed E-state index contributed by atoms with van der Waals surface area (Å²) in [6, 6.07) is 3.31. The summed E-state index contributed by atoms with van der Waals surface area (Å²) in [6.45, 7) is 1.41. The van der Waals surface area contributed by atoms with Crippen LogP contribution in [0.5, 0.6) is 0 Å². The molecule has 2 N–H and O–H groups in total. The third kappa shape index (κ3) is 2.60. The Morgan fingerprint density at radius 1 is 1.32 bits per heavy atom. The quantitative estimate of drug-likeness (QED) is 0.790. The van der Waals surface area contributed by atoms with Gasteiger partial charge < -0.3 is 15.2 Å². The number of hydrogen-bond acceptors (Lipinski definition) is 6. The number of nitrogens with zero attached hydrogens (tertiary/aromatic N) is 3. The molecule has 2 aromatic heterocycles. The molecule has 1 atom stereocenters. The monoisotopic (exact) mass is 259 g/mol. The van der Waals surface area contributed by atoms with E-state index in [9.17, 15) is 4.79 Å². The molecule has 7 heteroatoms. The van der Waals surface area contributed by atoms with Crippen LogP contribution in [0.1, 0.15) is 5.89 Å². The van der Waals surface area contributed by atoms with Crippen LogP contribution < -0.4 is 10.6 Å². The van der Waals surface area contributed by atoms with Crippen molar-refractivity contribution in [1.29, 1.82) is 0 Å². The van der Waals surface area contributed by atoms with Crippen LogP contribution in [-0.2, 0) is 11.2 Å². The minimum Gasteiger partial charge on any atom is -0.353 e. The maximum absolute atomic E-state index is 11.6. The Kier molecular flexibility index (Phi) is 3.20. The second kappa shape index (κ2) is 5.15. The Morgan fingerprint density at radius 3 is 2.95 bits per heavy atom. The zero-order chi connectivity index (χ0) is 13.1. The van der Waals surface area contributed by atoms with Gasteiger partial charge >= 0.3 is 0 Å². The lowest BCUT2D eigenvalue weighted by Crippen LogP contribution is -2.53. The first-order valence-corrected chi connectivity index (χ1v) is 6.07. The van der Waals surface area contributed by atoms with Gasteiger partial charge in [-0.1, -0.05) is 5.16 Å². The molecule has 3 heterocycles. The zero-order valence-electron chi connectivity index (χ0n) is 10.2. The number of carbonyl (C=O) groups is 1. The highest BCUT2D eigenvalue weighted by Gasteiger charge is 2.24. The summed E-state index contributed by atoms with van der Waals surface area (Å²) in [5.41, 5.74) is 0.839. The van der Waals surface area contributed by atoms with E-state index >= 15 is 0 Å². The van der Waals surface area contributed by atoms with Crippen molar-refractivity contribution in [2.45, 2.75) is 12.5 Å². The van der Waals surface area contributed by atoms with E-state index in [1.165, 1.54) is 0 Å². The van der Waals surface area contributed by atoms with Gasteiger partial charge in [0, 0.05) is 31.0 Å². The number of rotatable bonds is 3. The van der Waals surface area contributed by atoms with Gasteiger partial charge in [0.25, 0.3) is 0 Å². The molecule has 0 aliphatic carbocycles. The summed E-state index contributed by atoms with van der Waals surface area (Å²) in [5, 5.41) is 9.81. The van der Waals surface area contributed by atoms with Crippen LogP contribution in [0, 0.1) is 0 Å². The average Bonchev–Trinajstić information content (AvgIpc) is 2.91. The van der Waals surface area contributed by atoms with E-state index in [1.807, 2.05) is 0 Å². The average molecular weight is 259 g/mol. The second-order valence-corrected chi connectivity index (χ2v) is 4.25. The third-order valence-electron chi connectivity index (χ3n) is 2.92. The molecule has 1 fully saturated rings. The lowest BCUT2D eigenvalue weighted by atomic mass is 10.1. The van der Waals surface area contributed by atoms with Crippen LogP contribution in [0.2, 0.25) is 0 Å². The summed E-state index contributed by atoms with van der Waals surface area (Å²) < 4.78 is 5.17. The number of piperazine rings is 1. The van der Waals surface area contributed by atoms with Crippen LogP contribution in [-0.4, -0.2) is 40.2 Å². The highest BCUT2D eigenvalue weighted by Crippen LogP contribution is 2.14. The highest BCUT2D eigenvalue weighted by molar-refractivity contribution is 5.82.